The molecule has 2 heterocycles. The normalized spacial score (nSPS) is 24.1. The Balaban J connectivity index is 0.00000264. The molecular weight excluding hydrogens is 334 g/mol. The number of nitrogens with zero attached hydrogens (tertiary/aromatic N) is 1. The number of carbonyl (C=O) groups excluding carboxylic acids is 2. The molecule has 2 rings (SSSR count). The first-order chi connectivity index (χ1) is 10.7. The van der Waals surface area contributed by atoms with Gasteiger partial charge in [-0.25, -0.2) is 0 Å². The number of piperidine rings is 1. The van der Waals surface area contributed by atoms with Crippen molar-refractivity contribution in [1.82, 2.24) is 15.5 Å². The Kier molecular flexibility index (Phi) is 9.99. The molecule has 2 atom stereocenters. The van der Waals surface area contributed by atoms with Gasteiger partial charge in [0.25, 0.3) is 0 Å². The van der Waals surface area contributed by atoms with Gasteiger partial charge in [0.1, 0.15) is 0 Å². The van der Waals surface area contributed by atoms with E-state index >= 15 is 0 Å². The summed E-state index contributed by atoms with van der Waals surface area (Å²) >= 11 is 1.72. The summed E-state index contributed by atoms with van der Waals surface area (Å²) in [6.45, 7) is 5.45. The standard InChI is InChI=1S/C16H29N3O2S.ClH/c1-2-9-22-12-15(20)19-8-4-5-13(11-19)10-18-16(21)14-6-3-7-17-14;/h13-14,17H,2-12H2,1H3,(H,18,21);1H. The molecular formula is C16H30ClN3O2S. The summed E-state index contributed by atoms with van der Waals surface area (Å²) in [6.07, 6.45) is 5.29. The summed E-state index contributed by atoms with van der Waals surface area (Å²) in [5.74, 6) is 2.43. The summed E-state index contributed by atoms with van der Waals surface area (Å²) in [4.78, 5) is 26.2. The number of carbonyl (C=O) groups is 2. The van der Waals surface area contributed by atoms with E-state index in [4.69, 9.17) is 0 Å². The van der Waals surface area contributed by atoms with Crippen LogP contribution in [0, 0.1) is 5.92 Å². The Morgan fingerprint density at radius 2 is 2.13 bits per heavy atom. The molecule has 0 aromatic heterocycles. The average Bonchev–Trinajstić information content (AvgIpc) is 3.07. The third kappa shape index (κ3) is 6.89. The molecule has 0 aliphatic carbocycles. The van der Waals surface area contributed by atoms with E-state index in [0.717, 1.165) is 57.5 Å². The van der Waals surface area contributed by atoms with E-state index in [0.29, 0.717) is 18.2 Å². The van der Waals surface area contributed by atoms with Crippen molar-refractivity contribution in [2.24, 2.45) is 5.92 Å². The van der Waals surface area contributed by atoms with Gasteiger partial charge in [0.2, 0.25) is 11.8 Å². The summed E-state index contributed by atoms with van der Waals surface area (Å²) in [7, 11) is 0. The number of likely N-dealkylation sites (tertiary alicyclic amines) is 1. The lowest BCUT2D eigenvalue weighted by atomic mass is 9.98. The number of rotatable bonds is 7. The van der Waals surface area contributed by atoms with Crippen LogP contribution in [0.1, 0.15) is 39.0 Å². The maximum atomic E-state index is 12.2. The second-order valence-corrected chi connectivity index (χ2v) is 7.40. The molecule has 7 heteroatoms. The Hall–Kier alpha value is -0.460. The average molecular weight is 364 g/mol. The third-order valence-corrected chi connectivity index (χ3v) is 5.54. The number of nitrogens with one attached hydrogen (secondary N) is 2. The van der Waals surface area contributed by atoms with Crippen molar-refractivity contribution in [1.29, 1.82) is 0 Å². The van der Waals surface area contributed by atoms with Crippen LogP contribution in [-0.2, 0) is 9.59 Å². The van der Waals surface area contributed by atoms with Crippen molar-refractivity contribution in [3.8, 4) is 0 Å². The van der Waals surface area contributed by atoms with E-state index in [9.17, 15) is 9.59 Å². The predicted octanol–water partition coefficient (Wildman–Crippen LogP) is 1.66. The highest BCUT2D eigenvalue weighted by atomic mass is 35.5. The molecule has 23 heavy (non-hydrogen) atoms. The summed E-state index contributed by atoms with van der Waals surface area (Å²) in [5, 5.41) is 6.28. The maximum Gasteiger partial charge on any atom is 0.237 e. The minimum Gasteiger partial charge on any atom is -0.354 e. The number of hydrogen-bond acceptors (Lipinski definition) is 4. The topological polar surface area (TPSA) is 61.4 Å². The van der Waals surface area contributed by atoms with Crippen molar-refractivity contribution >= 4 is 36.0 Å². The molecule has 2 aliphatic rings. The molecule has 2 aliphatic heterocycles. The van der Waals surface area contributed by atoms with Gasteiger partial charge in [-0.2, -0.15) is 11.8 Å². The molecule has 2 amide bonds. The molecule has 0 aromatic carbocycles. The molecule has 2 unspecified atom stereocenters. The minimum absolute atomic E-state index is 0. The summed E-state index contributed by atoms with van der Waals surface area (Å²) in [6, 6.07) is -0.00762. The van der Waals surface area contributed by atoms with Gasteiger partial charge in [-0.3, -0.25) is 9.59 Å². The van der Waals surface area contributed by atoms with Crippen LogP contribution >= 0.6 is 24.2 Å². The summed E-state index contributed by atoms with van der Waals surface area (Å²) < 4.78 is 0. The third-order valence-electron chi connectivity index (χ3n) is 4.39. The Labute approximate surface area is 150 Å². The van der Waals surface area contributed by atoms with Crippen LogP contribution in [0.5, 0.6) is 0 Å². The highest BCUT2D eigenvalue weighted by Gasteiger charge is 2.26. The molecule has 0 spiro atoms. The van der Waals surface area contributed by atoms with Crippen LogP contribution < -0.4 is 10.6 Å². The van der Waals surface area contributed by atoms with Crippen molar-refractivity contribution in [2.45, 2.75) is 45.1 Å². The monoisotopic (exact) mass is 363 g/mol. The fraction of sp³-hybridized carbons (Fsp3) is 0.875. The van der Waals surface area contributed by atoms with Crippen LogP contribution in [0.4, 0.5) is 0 Å². The van der Waals surface area contributed by atoms with E-state index < -0.39 is 0 Å². The molecule has 0 bridgehead atoms. The zero-order valence-corrected chi connectivity index (χ0v) is 15.6. The molecule has 0 saturated carbocycles. The van der Waals surface area contributed by atoms with Gasteiger partial charge in [0, 0.05) is 19.6 Å². The predicted molar refractivity (Wildman–Crippen MR) is 98.2 cm³/mol. The molecule has 2 fully saturated rings. The first-order valence-electron chi connectivity index (χ1n) is 8.57. The second kappa shape index (κ2) is 11.2. The molecule has 2 N–H and O–H groups in total. The van der Waals surface area contributed by atoms with E-state index in [1.54, 1.807) is 11.8 Å². The van der Waals surface area contributed by atoms with E-state index in [2.05, 4.69) is 17.6 Å². The zero-order valence-electron chi connectivity index (χ0n) is 14.0. The van der Waals surface area contributed by atoms with Gasteiger partial charge in [-0.1, -0.05) is 6.92 Å². The smallest absolute Gasteiger partial charge is 0.237 e. The Bertz CT molecular complexity index is 378. The SMILES string of the molecule is CCCSCC(=O)N1CCCC(CNC(=O)C2CCCN2)C1.Cl. The molecule has 0 radical (unpaired) electrons. The minimum atomic E-state index is -0.00762. The van der Waals surface area contributed by atoms with Gasteiger partial charge >= 0.3 is 0 Å². The highest BCUT2D eigenvalue weighted by Crippen LogP contribution is 2.17. The quantitative estimate of drug-likeness (QED) is 0.675. The maximum absolute atomic E-state index is 12.2. The molecule has 5 nitrogen and oxygen atoms in total. The Morgan fingerprint density at radius 3 is 2.83 bits per heavy atom. The largest absolute Gasteiger partial charge is 0.354 e. The van der Waals surface area contributed by atoms with Gasteiger partial charge in [0.15, 0.2) is 0 Å². The highest BCUT2D eigenvalue weighted by molar-refractivity contribution is 7.99. The van der Waals surface area contributed by atoms with Crippen LogP contribution in [-0.4, -0.2) is 60.4 Å². The lowest BCUT2D eigenvalue weighted by Crippen LogP contribution is -2.47. The van der Waals surface area contributed by atoms with E-state index in [-0.39, 0.29) is 30.3 Å². The van der Waals surface area contributed by atoms with Gasteiger partial charge in [0.05, 0.1) is 11.8 Å². The Morgan fingerprint density at radius 1 is 1.30 bits per heavy atom. The first-order valence-corrected chi connectivity index (χ1v) is 9.72. The van der Waals surface area contributed by atoms with Crippen molar-refractivity contribution in [3.63, 3.8) is 0 Å². The summed E-state index contributed by atoms with van der Waals surface area (Å²) in [5.41, 5.74) is 0. The van der Waals surface area contributed by atoms with Gasteiger partial charge < -0.3 is 15.5 Å². The van der Waals surface area contributed by atoms with Crippen molar-refractivity contribution in [2.75, 3.05) is 37.7 Å². The zero-order chi connectivity index (χ0) is 15.8. The van der Waals surface area contributed by atoms with Gasteiger partial charge in [-0.15, -0.1) is 12.4 Å². The van der Waals surface area contributed by atoms with E-state index in [1.165, 1.54) is 0 Å². The van der Waals surface area contributed by atoms with Crippen LogP contribution in [0.3, 0.4) is 0 Å². The second-order valence-electron chi connectivity index (χ2n) is 6.29. The molecule has 2 saturated heterocycles. The number of halogens is 1. The van der Waals surface area contributed by atoms with Crippen LogP contribution in [0.15, 0.2) is 0 Å². The first kappa shape index (κ1) is 20.6. The lowest BCUT2D eigenvalue weighted by molar-refractivity contribution is -0.130. The number of amides is 2. The number of thioether (sulfide) groups is 1. The van der Waals surface area contributed by atoms with Gasteiger partial charge in [-0.05, 0) is 50.3 Å². The number of hydrogen-bond donors (Lipinski definition) is 2. The fourth-order valence-corrected chi connectivity index (χ4v) is 3.92. The fourth-order valence-electron chi connectivity index (χ4n) is 3.13. The van der Waals surface area contributed by atoms with Crippen LogP contribution in [0.2, 0.25) is 0 Å². The van der Waals surface area contributed by atoms with Crippen molar-refractivity contribution in [3.05, 3.63) is 0 Å². The lowest BCUT2D eigenvalue weighted by Gasteiger charge is -2.33. The molecule has 134 valence electrons. The molecule has 0 aromatic rings. The van der Waals surface area contributed by atoms with Crippen molar-refractivity contribution < 1.29 is 9.59 Å². The van der Waals surface area contributed by atoms with E-state index in [1.807, 2.05) is 4.90 Å². The van der Waals surface area contributed by atoms with Crippen LogP contribution in [0.25, 0.3) is 0 Å².